The Labute approximate surface area is 163 Å². The lowest BCUT2D eigenvalue weighted by atomic mass is 10.0. The fourth-order valence-corrected chi connectivity index (χ4v) is 3.19. The fourth-order valence-electron chi connectivity index (χ4n) is 3.19. The zero-order valence-electron chi connectivity index (χ0n) is 15.8. The number of rotatable bonds is 5. The molecule has 0 aliphatic rings. The number of phenols is 1. The molecule has 1 aromatic heterocycles. The molecule has 1 atom stereocenters. The van der Waals surface area contributed by atoms with Crippen molar-refractivity contribution in [3.05, 3.63) is 78.6 Å². The summed E-state index contributed by atoms with van der Waals surface area (Å²) >= 11 is 0. The number of hydrogen-bond acceptors (Lipinski definition) is 5. The van der Waals surface area contributed by atoms with Gasteiger partial charge in [-0.3, -0.25) is 4.98 Å². The summed E-state index contributed by atoms with van der Waals surface area (Å²) in [7, 11) is 1.52. The van der Waals surface area contributed by atoms with Gasteiger partial charge in [0.25, 0.3) is 0 Å². The number of nitrogens with zero attached hydrogens (tertiary/aromatic N) is 2. The maximum absolute atomic E-state index is 9.78. The number of phenolic OH excluding ortho intramolecular Hbond substituents is 1. The van der Waals surface area contributed by atoms with E-state index in [1.54, 1.807) is 30.6 Å². The van der Waals surface area contributed by atoms with Crippen molar-refractivity contribution in [3.63, 3.8) is 0 Å². The summed E-state index contributed by atoms with van der Waals surface area (Å²) < 4.78 is 5.18. The number of hydrogen-bond donors (Lipinski definition) is 2. The molecule has 4 rings (SSSR count). The van der Waals surface area contributed by atoms with E-state index in [4.69, 9.17) is 4.74 Å². The van der Waals surface area contributed by atoms with Crippen molar-refractivity contribution in [2.75, 3.05) is 12.4 Å². The second kappa shape index (κ2) is 7.56. The summed E-state index contributed by atoms with van der Waals surface area (Å²) in [6, 6.07) is 20.0. The van der Waals surface area contributed by atoms with Gasteiger partial charge in [0.2, 0.25) is 0 Å². The zero-order chi connectivity index (χ0) is 19.5. The van der Waals surface area contributed by atoms with Crippen LogP contribution < -0.4 is 10.1 Å². The molecule has 0 amide bonds. The number of aromatic nitrogens is 2. The predicted octanol–water partition coefficient (Wildman–Crippen LogP) is 5.18. The smallest absolute Gasteiger partial charge is 0.161 e. The first-order chi connectivity index (χ1) is 13.6. The van der Waals surface area contributed by atoms with Crippen molar-refractivity contribution < 1.29 is 9.84 Å². The molecule has 0 radical (unpaired) electrons. The Morgan fingerprint density at radius 3 is 2.61 bits per heavy atom. The second-order valence-electron chi connectivity index (χ2n) is 6.65. The van der Waals surface area contributed by atoms with E-state index >= 15 is 0 Å². The van der Waals surface area contributed by atoms with Crippen LogP contribution >= 0.6 is 0 Å². The number of fused-ring (bicyclic) bond motifs is 1. The van der Waals surface area contributed by atoms with Gasteiger partial charge in [0.05, 0.1) is 31.2 Å². The number of aromatic hydroxyl groups is 1. The van der Waals surface area contributed by atoms with Crippen LogP contribution in [0.15, 0.2) is 73.1 Å². The van der Waals surface area contributed by atoms with Crippen LogP contribution in [0, 0.1) is 0 Å². The van der Waals surface area contributed by atoms with E-state index in [9.17, 15) is 5.11 Å². The third-order valence-electron chi connectivity index (χ3n) is 4.75. The Morgan fingerprint density at radius 1 is 0.964 bits per heavy atom. The molecule has 0 saturated heterocycles. The predicted molar refractivity (Wildman–Crippen MR) is 112 cm³/mol. The first-order valence-electron chi connectivity index (χ1n) is 9.09. The van der Waals surface area contributed by atoms with Gasteiger partial charge in [-0.25, -0.2) is 4.98 Å². The lowest BCUT2D eigenvalue weighted by molar-refractivity contribution is 0.373. The minimum atomic E-state index is 0.0727. The van der Waals surface area contributed by atoms with Crippen molar-refractivity contribution in [1.82, 2.24) is 9.97 Å². The van der Waals surface area contributed by atoms with Gasteiger partial charge in [-0.2, -0.15) is 0 Å². The van der Waals surface area contributed by atoms with Gasteiger partial charge in [-0.1, -0.05) is 36.4 Å². The highest BCUT2D eigenvalue weighted by Gasteiger charge is 2.10. The molecule has 0 bridgehead atoms. The molecule has 0 saturated carbocycles. The molecule has 2 N–H and O–H groups in total. The highest BCUT2D eigenvalue weighted by Crippen LogP contribution is 2.31. The highest BCUT2D eigenvalue weighted by molar-refractivity contribution is 5.83. The van der Waals surface area contributed by atoms with Gasteiger partial charge in [-0.05, 0) is 47.5 Å². The van der Waals surface area contributed by atoms with Gasteiger partial charge in [-0.15, -0.1) is 0 Å². The van der Waals surface area contributed by atoms with E-state index in [0.29, 0.717) is 17.3 Å². The Morgan fingerprint density at radius 2 is 1.79 bits per heavy atom. The molecule has 0 spiro atoms. The van der Waals surface area contributed by atoms with Crippen LogP contribution in [0.4, 0.5) is 5.82 Å². The van der Waals surface area contributed by atoms with Crippen LogP contribution in [-0.4, -0.2) is 22.2 Å². The first-order valence-corrected chi connectivity index (χ1v) is 9.09. The maximum atomic E-state index is 9.78. The van der Waals surface area contributed by atoms with Gasteiger partial charge in [0.1, 0.15) is 5.82 Å². The number of nitrogens with one attached hydrogen (secondary N) is 1. The van der Waals surface area contributed by atoms with E-state index in [1.807, 2.05) is 12.1 Å². The van der Waals surface area contributed by atoms with Crippen molar-refractivity contribution in [2.45, 2.75) is 13.0 Å². The lowest BCUT2D eigenvalue weighted by Gasteiger charge is -2.16. The van der Waals surface area contributed by atoms with Gasteiger partial charge >= 0.3 is 0 Å². The molecule has 5 heteroatoms. The van der Waals surface area contributed by atoms with Crippen LogP contribution in [0.3, 0.4) is 0 Å². The van der Waals surface area contributed by atoms with Gasteiger partial charge in [0.15, 0.2) is 11.5 Å². The summed E-state index contributed by atoms with van der Waals surface area (Å²) in [6.45, 7) is 2.10. The molecule has 1 heterocycles. The zero-order valence-corrected chi connectivity index (χ0v) is 15.8. The SMILES string of the molecule is COc1cc(-c2cncc(N[C@@H](C)c3ccc4ccccc4c3)n2)ccc1O. The van der Waals surface area contributed by atoms with Crippen molar-refractivity contribution >= 4 is 16.6 Å². The van der Waals surface area contributed by atoms with Crippen LogP contribution in [0.5, 0.6) is 11.5 Å². The lowest BCUT2D eigenvalue weighted by Crippen LogP contribution is -2.08. The molecule has 0 aliphatic heterocycles. The van der Waals surface area contributed by atoms with E-state index < -0.39 is 0 Å². The Balaban J connectivity index is 1.58. The molecular formula is C23H21N3O2. The molecule has 0 fully saturated rings. The Kier molecular flexibility index (Phi) is 4.81. The molecule has 28 heavy (non-hydrogen) atoms. The third kappa shape index (κ3) is 3.60. The topological polar surface area (TPSA) is 67.3 Å². The third-order valence-corrected chi connectivity index (χ3v) is 4.75. The summed E-state index contributed by atoms with van der Waals surface area (Å²) in [6.07, 6.45) is 3.40. The molecule has 5 nitrogen and oxygen atoms in total. The Hall–Kier alpha value is -3.60. The highest BCUT2D eigenvalue weighted by atomic mass is 16.5. The van der Waals surface area contributed by atoms with Crippen LogP contribution in [0.25, 0.3) is 22.0 Å². The maximum Gasteiger partial charge on any atom is 0.161 e. The number of ether oxygens (including phenoxy) is 1. The van der Waals surface area contributed by atoms with E-state index in [-0.39, 0.29) is 11.8 Å². The molecule has 4 aromatic rings. The molecule has 3 aromatic carbocycles. The summed E-state index contributed by atoms with van der Waals surface area (Å²) in [5.41, 5.74) is 2.70. The molecular weight excluding hydrogens is 350 g/mol. The molecule has 140 valence electrons. The van der Waals surface area contributed by atoms with Gasteiger partial charge in [0, 0.05) is 5.56 Å². The largest absolute Gasteiger partial charge is 0.504 e. The van der Waals surface area contributed by atoms with E-state index in [2.05, 4.69) is 52.5 Å². The second-order valence-corrected chi connectivity index (χ2v) is 6.65. The molecule has 0 aliphatic carbocycles. The molecule has 0 unspecified atom stereocenters. The van der Waals surface area contributed by atoms with E-state index in [0.717, 1.165) is 5.56 Å². The average Bonchev–Trinajstić information content (AvgIpc) is 2.74. The quantitative estimate of drug-likeness (QED) is 0.506. The van der Waals surface area contributed by atoms with Crippen molar-refractivity contribution in [2.24, 2.45) is 0 Å². The average molecular weight is 371 g/mol. The minimum Gasteiger partial charge on any atom is -0.504 e. The number of anilines is 1. The van der Waals surface area contributed by atoms with Crippen molar-refractivity contribution in [1.29, 1.82) is 0 Å². The normalized spacial score (nSPS) is 11.9. The number of methoxy groups -OCH3 is 1. The van der Waals surface area contributed by atoms with Crippen LogP contribution in [0.1, 0.15) is 18.5 Å². The number of benzene rings is 3. The fraction of sp³-hybridized carbons (Fsp3) is 0.130. The summed E-state index contributed by atoms with van der Waals surface area (Å²) in [4.78, 5) is 8.97. The van der Waals surface area contributed by atoms with E-state index in [1.165, 1.54) is 23.4 Å². The monoisotopic (exact) mass is 371 g/mol. The minimum absolute atomic E-state index is 0.0727. The Bertz CT molecular complexity index is 1130. The summed E-state index contributed by atoms with van der Waals surface area (Å²) in [5.74, 6) is 1.19. The van der Waals surface area contributed by atoms with Crippen LogP contribution in [-0.2, 0) is 0 Å². The standard InChI is InChI=1S/C23H21N3O2/c1-15(17-8-7-16-5-3-4-6-18(16)11-17)25-23-14-24-13-20(26-23)19-9-10-21(27)22(12-19)28-2/h3-15,27H,1-2H3,(H,25,26)/t15-/m0/s1. The van der Waals surface area contributed by atoms with Gasteiger partial charge < -0.3 is 15.2 Å². The van der Waals surface area contributed by atoms with Crippen molar-refractivity contribution in [3.8, 4) is 22.8 Å². The van der Waals surface area contributed by atoms with Crippen LogP contribution in [0.2, 0.25) is 0 Å². The first kappa shape index (κ1) is 17.8. The summed E-state index contributed by atoms with van der Waals surface area (Å²) in [5, 5.41) is 15.6.